The van der Waals surface area contributed by atoms with Crippen molar-refractivity contribution in [3.63, 3.8) is 0 Å². The molecule has 1 N–H and O–H groups in total. The average Bonchev–Trinajstić information content (AvgIpc) is 2.90. The third-order valence-electron chi connectivity index (χ3n) is 3.91. The van der Waals surface area contributed by atoms with Gasteiger partial charge in [0.25, 0.3) is 0 Å². The Kier molecular flexibility index (Phi) is 7.91. The summed E-state index contributed by atoms with van der Waals surface area (Å²) in [6.07, 6.45) is 3.49. The lowest BCUT2D eigenvalue weighted by Gasteiger charge is -2.14. The van der Waals surface area contributed by atoms with E-state index < -0.39 is 11.9 Å². The van der Waals surface area contributed by atoms with Crippen LogP contribution in [0.25, 0.3) is 0 Å². The van der Waals surface area contributed by atoms with Gasteiger partial charge in [-0.3, -0.25) is 4.79 Å². The van der Waals surface area contributed by atoms with Gasteiger partial charge < -0.3 is 14.8 Å². The highest BCUT2D eigenvalue weighted by molar-refractivity contribution is 7.18. The molecule has 1 aromatic heterocycles. The fraction of sp³-hybridized carbons (Fsp3) is 0.588. The largest absolute Gasteiger partial charge is 0.465 e. The van der Waals surface area contributed by atoms with Crippen molar-refractivity contribution >= 4 is 34.2 Å². The molecule has 0 aliphatic heterocycles. The number of hydrogen-bond donors (Lipinski definition) is 1. The molecule has 24 heavy (non-hydrogen) atoms. The van der Waals surface area contributed by atoms with Gasteiger partial charge in [-0.1, -0.05) is 26.7 Å². The Morgan fingerprint density at radius 2 is 1.75 bits per heavy atom. The highest BCUT2D eigenvalue weighted by Crippen LogP contribution is 2.34. The Balaban J connectivity index is 3.15. The van der Waals surface area contributed by atoms with Crippen LogP contribution in [0, 0.1) is 12.8 Å². The number of hydrogen-bond acceptors (Lipinski definition) is 6. The first kappa shape index (κ1) is 20.2. The van der Waals surface area contributed by atoms with E-state index in [0.29, 0.717) is 17.0 Å². The van der Waals surface area contributed by atoms with Crippen molar-refractivity contribution in [2.75, 3.05) is 19.5 Å². The van der Waals surface area contributed by atoms with E-state index in [-0.39, 0.29) is 22.3 Å². The van der Waals surface area contributed by atoms with E-state index in [1.165, 1.54) is 14.2 Å². The van der Waals surface area contributed by atoms with E-state index >= 15 is 0 Å². The maximum absolute atomic E-state index is 12.5. The number of carbonyl (C=O) groups excluding carboxylic acids is 3. The summed E-state index contributed by atoms with van der Waals surface area (Å²) in [5.74, 6) is -1.40. The normalized spacial score (nSPS) is 11.7. The first-order valence-corrected chi connectivity index (χ1v) is 8.83. The summed E-state index contributed by atoms with van der Waals surface area (Å²) < 4.78 is 9.51. The molecule has 1 atom stereocenters. The summed E-state index contributed by atoms with van der Waals surface area (Å²) in [6, 6.07) is 0. The Labute approximate surface area is 146 Å². The zero-order chi connectivity index (χ0) is 18.3. The molecule has 0 aliphatic carbocycles. The van der Waals surface area contributed by atoms with Crippen LogP contribution >= 0.6 is 11.3 Å². The van der Waals surface area contributed by atoms with Crippen molar-refractivity contribution in [1.29, 1.82) is 0 Å². The summed E-state index contributed by atoms with van der Waals surface area (Å²) in [4.78, 5) is 36.7. The van der Waals surface area contributed by atoms with Crippen molar-refractivity contribution in [3.8, 4) is 0 Å². The molecule has 0 saturated carbocycles. The first-order chi connectivity index (χ1) is 11.4. The summed E-state index contributed by atoms with van der Waals surface area (Å²) in [5.41, 5.74) is 0.664. The molecule has 0 bridgehead atoms. The predicted octanol–water partition coefficient (Wildman–Crippen LogP) is 3.78. The minimum Gasteiger partial charge on any atom is -0.465 e. The van der Waals surface area contributed by atoms with Crippen molar-refractivity contribution in [2.24, 2.45) is 5.92 Å². The molecule has 1 rings (SSSR count). The lowest BCUT2D eigenvalue weighted by Crippen LogP contribution is -2.23. The van der Waals surface area contributed by atoms with E-state index in [4.69, 9.17) is 9.47 Å². The number of nitrogens with one attached hydrogen (secondary N) is 1. The van der Waals surface area contributed by atoms with Crippen LogP contribution in [-0.2, 0) is 14.3 Å². The highest BCUT2D eigenvalue weighted by Gasteiger charge is 2.28. The van der Waals surface area contributed by atoms with Gasteiger partial charge in [-0.2, -0.15) is 0 Å². The van der Waals surface area contributed by atoms with Crippen LogP contribution in [0.5, 0.6) is 0 Å². The van der Waals surface area contributed by atoms with Crippen LogP contribution in [0.2, 0.25) is 0 Å². The number of carbonyl (C=O) groups is 3. The molecule has 0 saturated heterocycles. The lowest BCUT2D eigenvalue weighted by molar-refractivity contribution is -0.120. The van der Waals surface area contributed by atoms with Gasteiger partial charge in [0.15, 0.2) is 0 Å². The highest BCUT2D eigenvalue weighted by atomic mass is 32.1. The summed E-state index contributed by atoms with van der Waals surface area (Å²) >= 11 is 1.04. The second kappa shape index (κ2) is 9.42. The Bertz CT molecular complexity index is 608. The van der Waals surface area contributed by atoms with Gasteiger partial charge in [0, 0.05) is 5.92 Å². The Hall–Kier alpha value is -1.89. The fourth-order valence-corrected chi connectivity index (χ4v) is 3.54. The van der Waals surface area contributed by atoms with Crippen LogP contribution in [0.4, 0.5) is 5.00 Å². The third-order valence-corrected chi connectivity index (χ3v) is 5.10. The molecule has 0 aliphatic rings. The van der Waals surface area contributed by atoms with E-state index in [9.17, 15) is 14.4 Å². The average molecular weight is 355 g/mol. The molecule has 0 fully saturated rings. The number of thiophene rings is 1. The van der Waals surface area contributed by atoms with Crippen molar-refractivity contribution in [1.82, 2.24) is 0 Å². The summed E-state index contributed by atoms with van der Waals surface area (Å²) in [7, 11) is 2.54. The third kappa shape index (κ3) is 4.56. The van der Waals surface area contributed by atoms with Gasteiger partial charge in [0.2, 0.25) is 5.91 Å². The number of anilines is 1. The topological polar surface area (TPSA) is 81.7 Å². The first-order valence-electron chi connectivity index (χ1n) is 8.01. The molecular formula is C17H25NO5S. The van der Waals surface area contributed by atoms with Crippen LogP contribution < -0.4 is 5.32 Å². The molecule has 134 valence electrons. The maximum Gasteiger partial charge on any atom is 0.348 e. The standard InChI is InChI=1S/C17H25NO5S/c1-6-8-9-11(7-2)14(19)18-15-12(16(20)22-4)10(3)13(24-15)17(21)23-5/h11H,6-9H2,1-5H3,(H,18,19)/t11-/m0/s1. The minimum absolute atomic E-state index is 0.126. The number of unbranched alkanes of at least 4 members (excludes halogenated alkanes) is 1. The molecule has 1 heterocycles. The molecule has 0 spiro atoms. The van der Waals surface area contributed by atoms with Crippen LogP contribution in [0.3, 0.4) is 0 Å². The maximum atomic E-state index is 12.5. The molecule has 6 nitrogen and oxygen atoms in total. The quantitative estimate of drug-likeness (QED) is 0.718. The van der Waals surface area contributed by atoms with Crippen molar-refractivity contribution < 1.29 is 23.9 Å². The SMILES string of the molecule is CCCC[C@H](CC)C(=O)Nc1sc(C(=O)OC)c(C)c1C(=O)OC. The van der Waals surface area contributed by atoms with Crippen molar-refractivity contribution in [2.45, 2.75) is 46.5 Å². The minimum atomic E-state index is -0.587. The predicted molar refractivity (Wildman–Crippen MR) is 93.7 cm³/mol. The number of rotatable bonds is 8. The van der Waals surface area contributed by atoms with Gasteiger partial charge >= 0.3 is 11.9 Å². The molecule has 7 heteroatoms. The Morgan fingerprint density at radius 3 is 2.25 bits per heavy atom. The van der Waals surface area contributed by atoms with Gasteiger partial charge in [-0.25, -0.2) is 9.59 Å². The summed E-state index contributed by atoms with van der Waals surface area (Å²) in [6.45, 7) is 5.67. The van der Waals surface area contributed by atoms with Gasteiger partial charge in [-0.05, 0) is 25.3 Å². The molecule has 0 unspecified atom stereocenters. The zero-order valence-corrected chi connectivity index (χ0v) is 15.7. The number of amides is 1. The molecular weight excluding hydrogens is 330 g/mol. The van der Waals surface area contributed by atoms with E-state index in [1.54, 1.807) is 6.92 Å². The van der Waals surface area contributed by atoms with E-state index in [0.717, 1.165) is 30.6 Å². The van der Waals surface area contributed by atoms with Crippen LogP contribution in [0.15, 0.2) is 0 Å². The van der Waals surface area contributed by atoms with Crippen LogP contribution in [0.1, 0.15) is 65.1 Å². The van der Waals surface area contributed by atoms with E-state index in [2.05, 4.69) is 12.2 Å². The summed E-state index contributed by atoms with van der Waals surface area (Å²) in [5, 5.41) is 3.13. The number of esters is 2. The Morgan fingerprint density at radius 1 is 1.12 bits per heavy atom. The monoisotopic (exact) mass is 355 g/mol. The molecule has 0 aromatic carbocycles. The fourth-order valence-electron chi connectivity index (χ4n) is 2.42. The van der Waals surface area contributed by atoms with E-state index in [1.807, 2.05) is 6.92 Å². The number of methoxy groups -OCH3 is 2. The zero-order valence-electron chi connectivity index (χ0n) is 14.9. The van der Waals surface area contributed by atoms with Gasteiger partial charge in [0.05, 0.1) is 19.8 Å². The molecule has 1 aromatic rings. The molecule has 0 radical (unpaired) electrons. The smallest absolute Gasteiger partial charge is 0.348 e. The van der Waals surface area contributed by atoms with Gasteiger partial charge in [-0.15, -0.1) is 11.3 Å². The van der Waals surface area contributed by atoms with Gasteiger partial charge in [0.1, 0.15) is 9.88 Å². The second-order valence-electron chi connectivity index (χ2n) is 5.48. The lowest BCUT2D eigenvalue weighted by atomic mass is 9.98. The number of ether oxygens (including phenoxy) is 2. The van der Waals surface area contributed by atoms with Crippen LogP contribution in [-0.4, -0.2) is 32.1 Å². The second-order valence-corrected chi connectivity index (χ2v) is 6.50. The van der Waals surface area contributed by atoms with Crippen molar-refractivity contribution in [3.05, 3.63) is 16.0 Å². The molecule has 1 amide bonds.